The van der Waals surface area contributed by atoms with Crippen molar-refractivity contribution >= 4 is 23.1 Å². The molecule has 1 aliphatic heterocycles. The van der Waals surface area contributed by atoms with Crippen LogP contribution in [0.25, 0.3) is 11.3 Å². The lowest BCUT2D eigenvalue weighted by Crippen LogP contribution is -2.36. The van der Waals surface area contributed by atoms with Crippen molar-refractivity contribution in [3.63, 3.8) is 0 Å². The maximum atomic E-state index is 12.6. The summed E-state index contributed by atoms with van der Waals surface area (Å²) in [6.45, 7) is 3.24. The van der Waals surface area contributed by atoms with Crippen molar-refractivity contribution in [3.05, 3.63) is 66.5 Å². The first kappa shape index (κ1) is 17.9. The van der Waals surface area contributed by atoms with Crippen molar-refractivity contribution in [1.82, 2.24) is 9.97 Å². The van der Waals surface area contributed by atoms with Gasteiger partial charge in [-0.1, -0.05) is 30.3 Å². The number of nitrogens with one attached hydrogen (secondary N) is 1. The third-order valence-electron chi connectivity index (χ3n) is 4.59. The number of carbonyl (C=O) groups is 1. The fourth-order valence-corrected chi connectivity index (χ4v) is 3.08. The van der Waals surface area contributed by atoms with Crippen LogP contribution in [0.2, 0.25) is 0 Å². The molecule has 3 N–H and O–H groups in total. The minimum atomic E-state index is -0.386. The first-order chi connectivity index (χ1) is 13.7. The Morgan fingerprint density at radius 3 is 2.46 bits per heavy atom. The van der Waals surface area contributed by atoms with Crippen LogP contribution in [0.15, 0.2) is 60.8 Å². The zero-order valence-corrected chi connectivity index (χ0v) is 15.3. The van der Waals surface area contributed by atoms with E-state index in [-0.39, 0.29) is 17.4 Å². The van der Waals surface area contributed by atoms with Crippen molar-refractivity contribution < 1.29 is 9.53 Å². The number of morpholine rings is 1. The van der Waals surface area contributed by atoms with Gasteiger partial charge >= 0.3 is 0 Å². The van der Waals surface area contributed by atoms with Gasteiger partial charge in [-0.3, -0.25) is 4.79 Å². The van der Waals surface area contributed by atoms with Gasteiger partial charge < -0.3 is 20.7 Å². The second-order valence-electron chi connectivity index (χ2n) is 6.46. The Morgan fingerprint density at radius 1 is 1.04 bits per heavy atom. The summed E-state index contributed by atoms with van der Waals surface area (Å²) in [7, 11) is 0. The summed E-state index contributed by atoms with van der Waals surface area (Å²) < 4.78 is 5.39. The van der Waals surface area contributed by atoms with Crippen LogP contribution in [0.1, 0.15) is 10.5 Å². The van der Waals surface area contributed by atoms with Gasteiger partial charge in [-0.25, -0.2) is 9.97 Å². The maximum absolute atomic E-state index is 12.6. The predicted octanol–water partition coefficient (Wildman–Crippen LogP) is 2.81. The molecule has 1 saturated heterocycles. The van der Waals surface area contributed by atoms with E-state index in [0.717, 1.165) is 37.6 Å². The van der Waals surface area contributed by atoms with Crippen LogP contribution in [0.3, 0.4) is 0 Å². The largest absolute Gasteiger partial charge is 0.382 e. The van der Waals surface area contributed by atoms with Crippen LogP contribution >= 0.6 is 0 Å². The van der Waals surface area contributed by atoms with Crippen LogP contribution in [0, 0.1) is 0 Å². The number of benzene rings is 2. The van der Waals surface area contributed by atoms with Crippen LogP contribution < -0.4 is 16.0 Å². The van der Waals surface area contributed by atoms with Gasteiger partial charge in [0.05, 0.1) is 25.1 Å². The number of carbonyl (C=O) groups excluding carboxylic acids is 1. The topological polar surface area (TPSA) is 93.4 Å². The van der Waals surface area contributed by atoms with E-state index in [0.29, 0.717) is 11.4 Å². The van der Waals surface area contributed by atoms with Crippen LogP contribution in [-0.2, 0) is 4.74 Å². The van der Waals surface area contributed by atoms with E-state index in [4.69, 9.17) is 10.5 Å². The van der Waals surface area contributed by atoms with Crippen molar-refractivity contribution in [1.29, 1.82) is 0 Å². The molecule has 0 saturated carbocycles. The number of amides is 1. The van der Waals surface area contributed by atoms with E-state index >= 15 is 0 Å². The molecular formula is C21H21N5O2. The van der Waals surface area contributed by atoms with Gasteiger partial charge in [-0.15, -0.1) is 0 Å². The highest BCUT2D eigenvalue weighted by molar-refractivity contribution is 6.05. The molecule has 1 aliphatic rings. The van der Waals surface area contributed by atoms with E-state index < -0.39 is 0 Å². The summed E-state index contributed by atoms with van der Waals surface area (Å²) in [5, 5.41) is 2.79. The molecule has 0 aliphatic carbocycles. The number of rotatable bonds is 4. The van der Waals surface area contributed by atoms with Crippen molar-refractivity contribution in [2.75, 3.05) is 42.3 Å². The molecule has 1 fully saturated rings. The smallest absolute Gasteiger partial charge is 0.278 e. The molecule has 2 heterocycles. The molecule has 7 nitrogen and oxygen atoms in total. The average Bonchev–Trinajstić information content (AvgIpc) is 2.75. The molecule has 142 valence electrons. The van der Waals surface area contributed by atoms with Crippen LogP contribution in [-0.4, -0.2) is 42.2 Å². The molecule has 1 amide bonds. The van der Waals surface area contributed by atoms with Gasteiger partial charge in [0.15, 0.2) is 11.5 Å². The molecule has 0 radical (unpaired) electrons. The highest BCUT2D eigenvalue weighted by Crippen LogP contribution is 2.23. The molecule has 0 unspecified atom stereocenters. The third kappa shape index (κ3) is 3.94. The van der Waals surface area contributed by atoms with Gasteiger partial charge in [-0.2, -0.15) is 0 Å². The standard InChI is InChI=1S/C21H21N5O2/c22-20-19(21(27)24-16-4-2-1-3-5-16)25-18(14-23-20)15-6-8-17(9-7-15)26-10-12-28-13-11-26/h1-9,14H,10-13H2,(H2,22,23)(H,24,27). The summed E-state index contributed by atoms with van der Waals surface area (Å²) in [5.41, 5.74) is 9.28. The molecule has 0 bridgehead atoms. The number of hydrogen-bond acceptors (Lipinski definition) is 6. The Morgan fingerprint density at radius 2 is 1.75 bits per heavy atom. The zero-order valence-electron chi connectivity index (χ0n) is 15.3. The summed E-state index contributed by atoms with van der Waals surface area (Å²) in [6, 6.07) is 17.2. The Labute approximate surface area is 163 Å². The minimum Gasteiger partial charge on any atom is -0.382 e. The first-order valence-electron chi connectivity index (χ1n) is 9.13. The Kier molecular flexibility index (Phi) is 5.16. The Bertz CT molecular complexity index is 954. The van der Waals surface area contributed by atoms with Crippen LogP contribution in [0.4, 0.5) is 17.2 Å². The summed E-state index contributed by atoms with van der Waals surface area (Å²) in [5.74, 6) is -0.287. The Hall–Kier alpha value is -3.45. The van der Waals surface area contributed by atoms with Crippen molar-refractivity contribution in [2.45, 2.75) is 0 Å². The summed E-state index contributed by atoms with van der Waals surface area (Å²) in [4.78, 5) is 23.5. The van der Waals surface area contributed by atoms with E-state index in [1.807, 2.05) is 42.5 Å². The molecule has 0 spiro atoms. The van der Waals surface area contributed by atoms with Crippen molar-refractivity contribution in [2.24, 2.45) is 0 Å². The summed E-state index contributed by atoms with van der Waals surface area (Å²) in [6.07, 6.45) is 1.58. The number of hydrogen-bond donors (Lipinski definition) is 2. The molecule has 2 aromatic carbocycles. The van der Waals surface area contributed by atoms with Crippen molar-refractivity contribution in [3.8, 4) is 11.3 Å². The molecule has 7 heteroatoms. The molecule has 1 aromatic heterocycles. The second-order valence-corrected chi connectivity index (χ2v) is 6.46. The van der Waals surface area contributed by atoms with Gasteiger partial charge in [0.25, 0.3) is 5.91 Å². The number of ether oxygens (including phenoxy) is 1. The van der Waals surface area contributed by atoms with E-state index in [1.165, 1.54) is 0 Å². The average molecular weight is 375 g/mol. The first-order valence-corrected chi connectivity index (χ1v) is 9.13. The summed E-state index contributed by atoms with van der Waals surface area (Å²) >= 11 is 0. The number of para-hydroxylation sites is 1. The van der Waals surface area contributed by atoms with Gasteiger partial charge in [-0.05, 0) is 24.3 Å². The highest BCUT2D eigenvalue weighted by atomic mass is 16.5. The number of anilines is 3. The molecule has 28 heavy (non-hydrogen) atoms. The van der Waals surface area contributed by atoms with E-state index in [1.54, 1.807) is 18.3 Å². The molecule has 3 aromatic rings. The highest BCUT2D eigenvalue weighted by Gasteiger charge is 2.16. The van der Waals surface area contributed by atoms with Gasteiger partial charge in [0.1, 0.15) is 0 Å². The number of nitrogens with two attached hydrogens (primary N) is 1. The second kappa shape index (κ2) is 8.06. The molecule has 4 rings (SSSR count). The lowest BCUT2D eigenvalue weighted by atomic mass is 10.1. The third-order valence-corrected chi connectivity index (χ3v) is 4.59. The molecular weight excluding hydrogens is 354 g/mol. The Balaban J connectivity index is 1.55. The maximum Gasteiger partial charge on any atom is 0.278 e. The number of nitrogens with zero attached hydrogens (tertiary/aromatic N) is 3. The zero-order chi connectivity index (χ0) is 19.3. The van der Waals surface area contributed by atoms with Gasteiger partial charge in [0.2, 0.25) is 0 Å². The number of nitrogen functional groups attached to an aromatic ring is 1. The van der Waals surface area contributed by atoms with E-state index in [9.17, 15) is 4.79 Å². The SMILES string of the molecule is Nc1ncc(-c2ccc(N3CCOCC3)cc2)nc1C(=O)Nc1ccccc1. The minimum absolute atomic E-state index is 0.0992. The fraction of sp³-hybridized carbons (Fsp3) is 0.190. The number of aromatic nitrogens is 2. The molecule has 0 atom stereocenters. The lowest BCUT2D eigenvalue weighted by Gasteiger charge is -2.28. The fourth-order valence-electron chi connectivity index (χ4n) is 3.08. The predicted molar refractivity (Wildman–Crippen MR) is 109 cm³/mol. The quantitative estimate of drug-likeness (QED) is 0.728. The van der Waals surface area contributed by atoms with E-state index in [2.05, 4.69) is 20.2 Å². The van der Waals surface area contributed by atoms with Crippen LogP contribution in [0.5, 0.6) is 0 Å². The van der Waals surface area contributed by atoms with Gasteiger partial charge in [0, 0.05) is 30.0 Å². The monoisotopic (exact) mass is 375 g/mol. The normalized spacial score (nSPS) is 13.9. The lowest BCUT2D eigenvalue weighted by molar-refractivity contribution is 0.102.